The number of aliphatic hydroxyl groups excluding tert-OH is 10. The van der Waals surface area contributed by atoms with Gasteiger partial charge in [0, 0.05) is 12.4 Å². The fourth-order valence-electron chi connectivity index (χ4n) is 13.5. The van der Waals surface area contributed by atoms with Gasteiger partial charge in [0.2, 0.25) is 23.8 Å². The Hall–Kier alpha value is -11.6. The standard InChI is InChI=1S/C14H15FN4O5.C14H16N4O5.C13H15N5O5.C13H15N5O4S.C13H15N5O4/c1-3-14(23)9(21)8(5(2)20)24-12(14)19-4-6(15)7-10(19)17-13(16)18-11(7)22;1-3-14(22)9(20)8(6(2)19)23-12(14)18-5-4-7-10(18)16-13(15)17-11(7)21;1-3-13(22)8(20)7(5(2)19)23-11(13)18-4-15-6-9(18)16-12(14)17-10(6)21;1-3-13(21)8(20)7(5(2)19)22-11(13)18-4-15-6-9(18)16-12(14)17-10(6)23;1-3-13(21)9(20)8(6(2)19)22-11(13)18-5-16-7-4-15-12(14)17-10(7)18/h1,4-5,8-9,12,20-21,23H,2H3,(H3,16,17,18,22);1,4-6,8-9,12,19-20,22H,2H3,(H3,15,16,17,21);1,4-5,7-8,11,19-20,22H,2H3,(H3,14,16,17,21);1,4-5,7-8,11,19-21H,2H3,(H3,14,16,17,23);1,4-6,8-9,11,19-21H,2H3,(H2,14,15,17)/t5-,8+,9-,12+,14?;6-,8+,9-,12+,14?;2*5-,7-,8+,11-,13?;6-,8-,9+,11-,13?/m00111/s1. The number of hydrogen-bond donors (Lipinski definition) is 24. The van der Waals surface area contributed by atoms with Gasteiger partial charge in [-0.1, -0.05) is 41.8 Å². The molecule has 5 unspecified atom stereocenters. The second-order valence-electron chi connectivity index (χ2n) is 27.1. The van der Waals surface area contributed by atoms with E-state index in [0.29, 0.717) is 22.3 Å². The Kier molecular flexibility index (Phi) is 23.0. The van der Waals surface area contributed by atoms with Crippen molar-refractivity contribution in [2.45, 2.75) is 185 Å². The van der Waals surface area contributed by atoms with Crippen LogP contribution in [0.5, 0.6) is 0 Å². The van der Waals surface area contributed by atoms with E-state index in [2.05, 4.69) is 88.5 Å². The molecule has 5 saturated heterocycles. The number of nitrogen functional groups attached to an aromatic ring is 5. The zero-order valence-corrected chi connectivity index (χ0v) is 61.2. The van der Waals surface area contributed by atoms with E-state index in [0.717, 1.165) is 10.8 Å². The minimum atomic E-state index is -2.28. The van der Waals surface area contributed by atoms with Crippen LogP contribution < -0.4 is 45.3 Å². The number of nitrogens with two attached hydrogens (primary N) is 5. The van der Waals surface area contributed by atoms with Gasteiger partial charge in [-0.3, -0.25) is 47.6 Å². The maximum absolute atomic E-state index is 14.1. The molecule has 5 aliphatic heterocycles. The van der Waals surface area contributed by atoms with Crippen LogP contribution >= 0.6 is 12.2 Å². The Labute approximate surface area is 648 Å². The number of aromatic amines is 4. The van der Waals surface area contributed by atoms with Crippen molar-refractivity contribution < 1.29 is 105 Å². The number of aromatic nitrogens is 18. The number of aliphatic hydroxyl groups is 15. The number of halogens is 1. The Morgan fingerprint density at radius 3 is 1.26 bits per heavy atom. The molecule has 15 heterocycles. The molecule has 0 radical (unpaired) electrons. The van der Waals surface area contributed by atoms with Crippen molar-refractivity contribution in [3.8, 4) is 61.7 Å². The quantitative estimate of drug-likeness (QED) is 0.0447. The van der Waals surface area contributed by atoms with Crippen LogP contribution in [0.3, 0.4) is 0 Å². The van der Waals surface area contributed by atoms with E-state index in [1.54, 1.807) is 0 Å². The Morgan fingerprint density at radius 1 is 0.461 bits per heavy atom. The van der Waals surface area contributed by atoms with Crippen molar-refractivity contribution in [2.75, 3.05) is 28.7 Å². The second kappa shape index (κ2) is 31.3. The number of nitrogens with zero attached hydrogens (tertiary/aromatic N) is 14. The molecule has 46 nitrogen and oxygen atoms in total. The second-order valence-corrected chi connectivity index (χ2v) is 27.5. The summed E-state index contributed by atoms with van der Waals surface area (Å²) < 4.78 is 48.2. The molecule has 0 spiro atoms. The van der Waals surface area contributed by atoms with Crippen LogP contribution in [0.2, 0.25) is 0 Å². The van der Waals surface area contributed by atoms with Crippen molar-refractivity contribution in [1.82, 2.24) is 87.6 Å². The molecular formula is C67H76FN23O23S. The summed E-state index contributed by atoms with van der Waals surface area (Å²) in [5.74, 6) is 9.08. The molecule has 610 valence electrons. The number of rotatable bonds is 10. The normalized spacial score (nSPS) is 32.1. The number of fused-ring (bicyclic) bond motifs is 5. The highest BCUT2D eigenvalue weighted by Crippen LogP contribution is 2.46. The SMILES string of the molecule is C#CC1(O)[C@@H](O)[C@@H]([C@@H](C)O)O[C@H]1n1cnc2c(=O)[nH]c(N)nc21.C#CC1(O)[C@@H](O)[C@@H]([C@@H](C)O)O[C@H]1n1cnc2c(=S)nc(N)[nH]c21.C#CC1(O)[C@@H](O)[C@@H]([C@@H](C)O)O[C@H]1n1cnc2cnc(N)nc21.C#CC1(O)[C@@H](O)[C@@H]([C@H](C)O)O[C@H]1n1cc(F)c2c(=O)[nH]c(N)nc21.C#CC1(O)[C@@H](O)[C@@H]([C@H](C)O)O[C@H]1n1ccc2c(=O)[nH]c(N)nc21. The van der Waals surface area contributed by atoms with Crippen molar-refractivity contribution >= 4 is 97.5 Å². The van der Waals surface area contributed by atoms with Crippen LogP contribution in [-0.4, -0.2) is 284 Å². The molecule has 10 aromatic rings. The van der Waals surface area contributed by atoms with E-state index in [-0.39, 0.29) is 62.2 Å². The first-order chi connectivity index (χ1) is 54.0. The topological polar surface area (TPSA) is 735 Å². The smallest absolute Gasteiger partial charge is 0.280 e. The summed E-state index contributed by atoms with van der Waals surface area (Å²) in [7, 11) is 0. The van der Waals surface area contributed by atoms with E-state index in [9.17, 15) is 95.4 Å². The monoisotopic (exact) mass is 1620 g/mol. The molecule has 15 rings (SSSR count). The fraction of sp³-hybridized carbons (Fsp3) is 0.448. The molecule has 115 heavy (non-hydrogen) atoms. The predicted octanol–water partition coefficient (Wildman–Crippen LogP) is -8.05. The van der Waals surface area contributed by atoms with Gasteiger partial charge in [0.15, 0.2) is 104 Å². The van der Waals surface area contributed by atoms with E-state index >= 15 is 0 Å². The van der Waals surface area contributed by atoms with Crippen LogP contribution in [0.4, 0.5) is 34.1 Å². The number of terminal acetylenes is 5. The van der Waals surface area contributed by atoms with E-state index < -0.39 is 179 Å². The maximum Gasteiger partial charge on any atom is 0.280 e. The molecule has 0 aromatic carbocycles. The number of H-pyrrole nitrogens is 4. The van der Waals surface area contributed by atoms with Crippen molar-refractivity contribution in [3.05, 3.63) is 85.2 Å². The van der Waals surface area contributed by atoms with Crippen molar-refractivity contribution in [3.63, 3.8) is 0 Å². The van der Waals surface area contributed by atoms with Crippen LogP contribution in [0.1, 0.15) is 65.8 Å². The fourth-order valence-corrected chi connectivity index (χ4v) is 13.7. The van der Waals surface area contributed by atoms with Gasteiger partial charge in [-0.15, -0.1) is 32.1 Å². The highest BCUT2D eigenvalue weighted by atomic mass is 32.1. The molecular weight excluding hydrogens is 1550 g/mol. The average Bonchev–Trinajstić information content (AvgIpc) is 1.61. The van der Waals surface area contributed by atoms with Gasteiger partial charge in [-0.25, -0.2) is 29.3 Å². The predicted molar refractivity (Wildman–Crippen MR) is 396 cm³/mol. The first-order valence-corrected chi connectivity index (χ1v) is 34.3. The highest BCUT2D eigenvalue weighted by Gasteiger charge is 2.62. The van der Waals surface area contributed by atoms with Gasteiger partial charge in [0.05, 0.1) is 61.1 Å². The van der Waals surface area contributed by atoms with Crippen molar-refractivity contribution in [2.24, 2.45) is 0 Å². The lowest BCUT2D eigenvalue weighted by molar-refractivity contribution is -0.0847. The van der Waals surface area contributed by atoms with Gasteiger partial charge in [-0.05, 0) is 40.7 Å². The molecule has 10 aromatic heterocycles. The maximum atomic E-state index is 14.1. The largest absolute Gasteiger partial charge is 0.391 e. The lowest BCUT2D eigenvalue weighted by Gasteiger charge is -2.26. The molecule has 5 fully saturated rings. The molecule has 0 bridgehead atoms. The van der Waals surface area contributed by atoms with Crippen molar-refractivity contribution in [1.29, 1.82) is 0 Å². The third-order valence-electron chi connectivity index (χ3n) is 19.4. The van der Waals surface area contributed by atoms with Gasteiger partial charge < -0.3 is 139 Å². The third-order valence-corrected chi connectivity index (χ3v) is 19.7. The molecule has 25 atom stereocenters. The van der Waals surface area contributed by atoms with Gasteiger partial charge in [0.1, 0.15) is 83.1 Å². The zero-order chi connectivity index (χ0) is 84.7. The lowest BCUT2D eigenvalue weighted by atomic mass is 9.93. The summed E-state index contributed by atoms with van der Waals surface area (Å²) in [5.41, 5.74) is 16.6. The van der Waals surface area contributed by atoms with Gasteiger partial charge in [-0.2, -0.15) is 19.9 Å². The average molecular weight is 1620 g/mol. The lowest BCUT2D eigenvalue weighted by Crippen LogP contribution is -2.47. The number of anilines is 5. The molecule has 0 saturated carbocycles. The zero-order valence-electron chi connectivity index (χ0n) is 60.4. The van der Waals surface area contributed by atoms with E-state index in [1.807, 2.05) is 5.92 Å². The Bertz CT molecular complexity index is 5510. The minimum Gasteiger partial charge on any atom is -0.391 e. The first-order valence-electron chi connectivity index (χ1n) is 33.9. The summed E-state index contributed by atoms with van der Waals surface area (Å²) in [6.45, 7) is 6.98. The third kappa shape index (κ3) is 14.3. The molecule has 0 amide bonds. The minimum absolute atomic E-state index is 0.0177. The van der Waals surface area contributed by atoms with Gasteiger partial charge in [0.25, 0.3) is 16.7 Å². The number of ether oxygens (including phenoxy) is 5. The van der Waals surface area contributed by atoms with Gasteiger partial charge >= 0.3 is 0 Å². The van der Waals surface area contributed by atoms with Crippen LogP contribution in [0.15, 0.2) is 58.0 Å². The highest BCUT2D eigenvalue weighted by molar-refractivity contribution is 7.71. The summed E-state index contributed by atoms with van der Waals surface area (Å²) in [6, 6.07) is 1.46. The molecule has 29 N–H and O–H groups in total. The summed E-state index contributed by atoms with van der Waals surface area (Å²) in [4.78, 5) is 80.7. The number of hydrogen-bond acceptors (Lipinski definition) is 38. The molecule has 0 aliphatic carbocycles. The van der Waals surface area contributed by atoms with Crippen LogP contribution in [0.25, 0.3) is 55.6 Å². The number of imidazole rings is 3. The summed E-state index contributed by atoms with van der Waals surface area (Å²) in [5, 5.41) is 152. The molecule has 5 aliphatic rings. The summed E-state index contributed by atoms with van der Waals surface area (Å²) in [6.07, 6.45) is 9.35. The number of nitrogens with one attached hydrogen (secondary N) is 4. The Morgan fingerprint density at radius 2 is 0.817 bits per heavy atom. The molecule has 48 heteroatoms. The first kappa shape index (κ1) is 84.4. The van der Waals surface area contributed by atoms with Crippen LogP contribution in [-0.2, 0) is 23.7 Å². The van der Waals surface area contributed by atoms with E-state index in [4.69, 9.17) is 96.7 Å². The summed E-state index contributed by atoms with van der Waals surface area (Å²) >= 11 is 5.08. The Balaban J connectivity index is 0.000000142. The van der Waals surface area contributed by atoms with E-state index in [1.165, 1.54) is 90.3 Å². The van der Waals surface area contributed by atoms with Crippen LogP contribution in [0, 0.1) is 72.2 Å².